The second-order valence-corrected chi connectivity index (χ2v) is 9.39. The van der Waals surface area contributed by atoms with Crippen LogP contribution in [0.5, 0.6) is 0 Å². The van der Waals surface area contributed by atoms with Crippen LogP contribution in [0.2, 0.25) is 0 Å². The quantitative estimate of drug-likeness (QED) is 0.597. The number of benzene rings is 1. The average molecular weight is 472 g/mol. The Morgan fingerprint density at radius 3 is 2.87 bits per heavy atom. The van der Waals surface area contributed by atoms with Gasteiger partial charge in [-0.3, -0.25) is 0 Å². The van der Waals surface area contributed by atoms with E-state index in [0.717, 1.165) is 35.6 Å². The zero-order chi connectivity index (χ0) is 19.1. The SMILES string of the molecule is Cl.Cl.O=S1(=O)C[C@@H]2NCCN(c3ccnc(NCc4cc5ccccc5o4)n3)[C@@H]2C1. The molecule has 2 aliphatic heterocycles. The van der Waals surface area contributed by atoms with E-state index in [1.807, 2.05) is 36.4 Å². The Bertz CT molecular complexity index is 1090. The molecule has 0 unspecified atom stereocenters. The summed E-state index contributed by atoms with van der Waals surface area (Å²) in [4.78, 5) is 11.0. The summed E-state index contributed by atoms with van der Waals surface area (Å²) < 4.78 is 29.9. The van der Waals surface area contributed by atoms with E-state index in [4.69, 9.17) is 4.42 Å². The van der Waals surface area contributed by atoms with Crippen molar-refractivity contribution in [2.45, 2.75) is 18.6 Å². The number of anilines is 2. The van der Waals surface area contributed by atoms with Crippen molar-refractivity contribution in [3.63, 3.8) is 0 Å². The summed E-state index contributed by atoms with van der Waals surface area (Å²) >= 11 is 0. The second kappa shape index (κ2) is 8.97. The number of hydrogen-bond donors (Lipinski definition) is 2. The van der Waals surface area contributed by atoms with Gasteiger partial charge in [0.05, 0.1) is 24.1 Å². The van der Waals surface area contributed by atoms with Crippen molar-refractivity contribution in [3.05, 3.63) is 48.4 Å². The van der Waals surface area contributed by atoms with E-state index >= 15 is 0 Å². The lowest BCUT2D eigenvalue weighted by Crippen LogP contribution is -2.57. The molecule has 0 saturated carbocycles. The number of piperazine rings is 1. The third kappa shape index (κ3) is 4.49. The van der Waals surface area contributed by atoms with Crippen LogP contribution in [0, 0.1) is 0 Å². The fourth-order valence-electron chi connectivity index (χ4n) is 4.04. The van der Waals surface area contributed by atoms with Crippen molar-refractivity contribution in [2.75, 3.05) is 34.8 Å². The van der Waals surface area contributed by atoms with Gasteiger partial charge < -0.3 is 20.0 Å². The van der Waals surface area contributed by atoms with Crippen molar-refractivity contribution >= 4 is 57.4 Å². The molecule has 2 saturated heterocycles. The van der Waals surface area contributed by atoms with Crippen molar-refractivity contribution < 1.29 is 12.8 Å². The number of aromatic nitrogens is 2. The molecule has 162 valence electrons. The van der Waals surface area contributed by atoms with Crippen LogP contribution >= 0.6 is 24.8 Å². The number of fused-ring (bicyclic) bond motifs is 2. The third-order valence-corrected chi connectivity index (χ3v) is 7.03. The van der Waals surface area contributed by atoms with Gasteiger partial charge in [-0.15, -0.1) is 24.8 Å². The monoisotopic (exact) mass is 471 g/mol. The smallest absolute Gasteiger partial charge is 0.224 e. The van der Waals surface area contributed by atoms with E-state index in [9.17, 15) is 8.42 Å². The third-order valence-electron chi connectivity index (χ3n) is 5.31. The standard InChI is InChI=1S/C19H21N5O3S.2ClH/c25-28(26)11-15-16(12-28)24(8-7-20-15)18-5-6-21-19(23-18)22-10-14-9-13-3-1-2-4-17(13)27-14;;/h1-6,9,15-16,20H,7-8,10-12H2,(H,21,22,23);2*1H/t15-,16+;;/m0../s1. The molecule has 3 aromatic rings. The Morgan fingerprint density at radius 2 is 2.03 bits per heavy atom. The summed E-state index contributed by atoms with van der Waals surface area (Å²) in [5, 5.41) is 7.58. The van der Waals surface area contributed by atoms with Gasteiger partial charge in [-0.05, 0) is 18.2 Å². The topological polar surface area (TPSA) is 100 Å². The minimum atomic E-state index is -3.01. The van der Waals surface area contributed by atoms with Crippen LogP contribution < -0.4 is 15.5 Å². The molecular formula is C19H23Cl2N5O3S. The average Bonchev–Trinajstić information content (AvgIpc) is 3.24. The normalized spacial score (nSPS) is 22.1. The van der Waals surface area contributed by atoms with Gasteiger partial charge >= 0.3 is 0 Å². The molecule has 5 rings (SSSR count). The first-order valence-electron chi connectivity index (χ1n) is 9.32. The van der Waals surface area contributed by atoms with E-state index in [-0.39, 0.29) is 48.4 Å². The predicted octanol–water partition coefficient (Wildman–Crippen LogP) is 2.25. The number of nitrogens with one attached hydrogen (secondary N) is 2. The molecule has 0 bridgehead atoms. The highest BCUT2D eigenvalue weighted by molar-refractivity contribution is 7.91. The molecule has 2 aromatic heterocycles. The molecule has 0 aliphatic carbocycles. The maximum Gasteiger partial charge on any atom is 0.224 e. The molecule has 11 heteroatoms. The molecule has 2 atom stereocenters. The van der Waals surface area contributed by atoms with Gasteiger partial charge in [-0.2, -0.15) is 4.98 Å². The number of furan rings is 1. The van der Waals surface area contributed by atoms with Gasteiger partial charge in [0.1, 0.15) is 17.2 Å². The molecule has 2 fully saturated rings. The van der Waals surface area contributed by atoms with E-state index in [2.05, 4.69) is 25.5 Å². The Balaban J connectivity index is 0.00000128. The van der Waals surface area contributed by atoms with Crippen LogP contribution in [0.25, 0.3) is 11.0 Å². The summed E-state index contributed by atoms with van der Waals surface area (Å²) in [6.07, 6.45) is 1.70. The summed E-state index contributed by atoms with van der Waals surface area (Å²) in [5.41, 5.74) is 0.850. The van der Waals surface area contributed by atoms with Gasteiger partial charge in [-0.25, -0.2) is 13.4 Å². The highest BCUT2D eigenvalue weighted by Gasteiger charge is 2.43. The minimum absolute atomic E-state index is 0. The lowest BCUT2D eigenvalue weighted by molar-refractivity contribution is 0.423. The molecule has 2 N–H and O–H groups in total. The van der Waals surface area contributed by atoms with Crippen molar-refractivity contribution in [3.8, 4) is 0 Å². The van der Waals surface area contributed by atoms with E-state index in [0.29, 0.717) is 12.5 Å². The molecular weight excluding hydrogens is 449 g/mol. The lowest BCUT2D eigenvalue weighted by atomic mass is 10.1. The number of rotatable bonds is 4. The van der Waals surface area contributed by atoms with Gasteiger partial charge in [-0.1, -0.05) is 18.2 Å². The number of nitrogens with zero attached hydrogens (tertiary/aromatic N) is 3. The zero-order valence-corrected chi connectivity index (χ0v) is 18.5. The van der Waals surface area contributed by atoms with Crippen LogP contribution in [0.4, 0.5) is 11.8 Å². The molecule has 1 aromatic carbocycles. The fraction of sp³-hybridized carbons (Fsp3) is 0.368. The van der Waals surface area contributed by atoms with E-state index in [1.165, 1.54) is 0 Å². The second-order valence-electron chi connectivity index (χ2n) is 7.24. The Morgan fingerprint density at radius 1 is 1.20 bits per heavy atom. The molecule has 30 heavy (non-hydrogen) atoms. The van der Waals surface area contributed by atoms with Gasteiger partial charge in [0.25, 0.3) is 0 Å². The molecule has 0 spiro atoms. The van der Waals surface area contributed by atoms with Crippen molar-refractivity contribution in [1.82, 2.24) is 15.3 Å². The molecule has 8 nitrogen and oxygen atoms in total. The zero-order valence-electron chi connectivity index (χ0n) is 16.0. The fourth-order valence-corrected chi connectivity index (χ4v) is 5.99. The van der Waals surface area contributed by atoms with Crippen LogP contribution in [0.3, 0.4) is 0 Å². The summed E-state index contributed by atoms with van der Waals surface area (Å²) in [6, 6.07) is 11.6. The number of sulfone groups is 1. The summed E-state index contributed by atoms with van der Waals surface area (Å²) in [7, 11) is -3.01. The van der Waals surface area contributed by atoms with Crippen molar-refractivity contribution in [2.24, 2.45) is 0 Å². The van der Waals surface area contributed by atoms with E-state index < -0.39 is 9.84 Å². The first-order chi connectivity index (χ1) is 13.6. The number of hydrogen-bond acceptors (Lipinski definition) is 8. The Kier molecular flexibility index (Phi) is 6.76. The maximum absolute atomic E-state index is 12.1. The number of halogens is 2. The van der Waals surface area contributed by atoms with Crippen LogP contribution in [-0.2, 0) is 16.4 Å². The maximum atomic E-state index is 12.1. The molecule has 0 radical (unpaired) electrons. The minimum Gasteiger partial charge on any atom is -0.459 e. The van der Waals surface area contributed by atoms with Crippen molar-refractivity contribution in [1.29, 1.82) is 0 Å². The van der Waals surface area contributed by atoms with Gasteiger partial charge in [0.15, 0.2) is 9.84 Å². The first kappa shape index (κ1) is 22.6. The number of para-hydroxylation sites is 1. The highest BCUT2D eigenvalue weighted by atomic mass is 35.5. The van der Waals surface area contributed by atoms with Crippen LogP contribution in [-0.4, -0.2) is 55.1 Å². The van der Waals surface area contributed by atoms with Gasteiger partial charge in [0.2, 0.25) is 5.95 Å². The predicted molar refractivity (Wildman–Crippen MR) is 122 cm³/mol. The Hall–Kier alpha value is -2.07. The highest BCUT2D eigenvalue weighted by Crippen LogP contribution is 2.26. The first-order valence-corrected chi connectivity index (χ1v) is 11.1. The largest absolute Gasteiger partial charge is 0.459 e. The molecule has 0 amide bonds. The molecule has 2 aliphatic rings. The van der Waals surface area contributed by atoms with Crippen LogP contribution in [0.1, 0.15) is 5.76 Å². The van der Waals surface area contributed by atoms with Gasteiger partial charge in [0, 0.05) is 30.7 Å². The molecule has 4 heterocycles. The lowest BCUT2D eigenvalue weighted by Gasteiger charge is -2.38. The summed E-state index contributed by atoms with van der Waals surface area (Å²) in [5.74, 6) is 2.40. The Labute approximate surface area is 187 Å². The summed E-state index contributed by atoms with van der Waals surface area (Å²) in [6.45, 7) is 1.93. The van der Waals surface area contributed by atoms with E-state index in [1.54, 1.807) is 6.20 Å². The van der Waals surface area contributed by atoms with Crippen LogP contribution in [0.15, 0.2) is 47.0 Å².